The third-order valence-corrected chi connectivity index (χ3v) is 4.06. The SMILES string of the molecule is CC.CC.OCCN1CCC(c2c[nH]c3ccccc23)CC1. The molecule has 1 aliphatic rings. The van der Waals surface area contributed by atoms with Crippen LogP contribution in [-0.2, 0) is 0 Å². The van der Waals surface area contributed by atoms with Crippen molar-refractivity contribution in [2.45, 2.75) is 46.5 Å². The van der Waals surface area contributed by atoms with Gasteiger partial charge in [-0.25, -0.2) is 0 Å². The summed E-state index contributed by atoms with van der Waals surface area (Å²) in [6, 6.07) is 8.54. The first kappa shape index (κ1) is 18.7. The quantitative estimate of drug-likeness (QED) is 0.882. The molecule has 1 aromatic carbocycles. The first-order chi connectivity index (χ1) is 10.9. The lowest BCUT2D eigenvalue weighted by Crippen LogP contribution is -2.34. The molecular weight excluding hydrogens is 272 g/mol. The van der Waals surface area contributed by atoms with E-state index in [9.17, 15) is 0 Å². The van der Waals surface area contributed by atoms with E-state index in [1.807, 2.05) is 27.7 Å². The van der Waals surface area contributed by atoms with Crippen LogP contribution in [0, 0.1) is 0 Å². The maximum absolute atomic E-state index is 8.96. The van der Waals surface area contributed by atoms with Gasteiger partial charge in [0.15, 0.2) is 0 Å². The van der Waals surface area contributed by atoms with E-state index in [2.05, 4.69) is 40.3 Å². The Kier molecular flexibility index (Phi) is 8.86. The molecule has 0 aliphatic carbocycles. The Labute approximate surface area is 135 Å². The summed E-state index contributed by atoms with van der Waals surface area (Å²) in [6.07, 6.45) is 4.57. The molecule has 2 aromatic rings. The third-order valence-electron chi connectivity index (χ3n) is 4.06. The van der Waals surface area contributed by atoms with Gasteiger partial charge in [0.25, 0.3) is 0 Å². The maximum atomic E-state index is 8.96. The fourth-order valence-electron chi connectivity index (χ4n) is 3.04. The average Bonchev–Trinajstić information content (AvgIpc) is 3.04. The molecule has 0 spiro atoms. The zero-order chi connectivity index (χ0) is 16.4. The normalized spacial score (nSPS) is 15.7. The molecule has 0 saturated carbocycles. The largest absolute Gasteiger partial charge is 0.395 e. The molecule has 0 amide bonds. The number of fused-ring (bicyclic) bond motifs is 1. The molecule has 3 heteroatoms. The molecule has 3 nitrogen and oxygen atoms in total. The minimum atomic E-state index is 0.276. The van der Waals surface area contributed by atoms with E-state index in [0.717, 1.165) is 19.6 Å². The number of aromatic amines is 1. The molecule has 124 valence electrons. The molecule has 0 unspecified atom stereocenters. The van der Waals surface area contributed by atoms with E-state index in [0.29, 0.717) is 5.92 Å². The van der Waals surface area contributed by atoms with Gasteiger partial charge < -0.3 is 15.0 Å². The number of benzene rings is 1. The van der Waals surface area contributed by atoms with Crippen molar-refractivity contribution in [1.29, 1.82) is 0 Å². The minimum Gasteiger partial charge on any atom is -0.395 e. The Morgan fingerprint density at radius 1 is 1.09 bits per heavy atom. The van der Waals surface area contributed by atoms with Gasteiger partial charge in [-0.15, -0.1) is 0 Å². The molecule has 0 bridgehead atoms. The van der Waals surface area contributed by atoms with Crippen LogP contribution >= 0.6 is 0 Å². The number of likely N-dealkylation sites (tertiary alicyclic amines) is 1. The molecule has 1 aliphatic heterocycles. The zero-order valence-electron chi connectivity index (χ0n) is 14.6. The van der Waals surface area contributed by atoms with Gasteiger partial charge in [0, 0.05) is 23.6 Å². The number of β-amino-alcohol motifs (C(OH)–C–C–N with tert-alkyl or cyclic N) is 1. The van der Waals surface area contributed by atoms with Gasteiger partial charge in [-0.05, 0) is 43.5 Å². The van der Waals surface area contributed by atoms with Gasteiger partial charge in [0.1, 0.15) is 0 Å². The van der Waals surface area contributed by atoms with E-state index in [1.165, 1.54) is 29.3 Å². The van der Waals surface area contributed by atoms with E-state index >= 15 is 0 Å². The molecule has 1 saturated heterocycles. The van der Waals surface area contributed by atoms with Crippen LogP contribution in [0.5, 0.6) is 0 Å². The summed E-state index contributed by atoms with van der Waals surface area (Å²) in [5.74, 6) is 0.663. The summed E-state index contributed by atoms with van der Waals surface area (Å²) in [5, 5.41) is 10.3. The molecule has 1 aromatic heterocycles. The number of nitrogens with one attached hydrogen (secondary N) is 1. The molecular formula is C19H32N2O. The summed E-state index contributed by atoms with van der Waals surface area (Å²) >= 11 is 0. The highest BCUT2D eigenvalue weighted by Gasteiger charge is 2.22. The topological polar surface area (TPSA) is 39.3 Å². The van der Waals surface area contributed by atoms with Gasteiger partial charge in [-0.2, -0.15) is 0 Å². The molecule has 0 atom stereocenters. The highest BCUT2D eigenvalue weighted by atomic mass is 16.3. The van der Waals surface area contributed by atoms with Crippen molar-refractivity contribution in [2.24, 2.45) is 0 Å². The van der Waals surface area contributed by atoms with Crippen molar-refractivity contribution >= 4 is 10.9 Å². The smallest absolute Gasteiger partial charge is 0.0558 e. The number of aromatic nitrogens is 1. The number of rotatable bonds is 3. The van der Waals surface area contributed by atoms with Crippen LogP contribution in [0.4, 0.5) is 0 Å². The van der Waals surface area contributed by atoms with Gasteiger partial charge in [0.05, 0.1) is 6.61 Å². The van der Waals surface area contributed by atoms with Crippen LogP contribution in [0.1, 0.15) is 52.0 Å². The summed E-state index contributed by atoms with van der Waals surface area (Å²) in [4.78, 5) is 5.72. The molecule has 1 fully saturated rings. The number of nitrogens with zero attached hydrogens (tertiary/aromatic N) is 1. The highest BCUT2D eigenvalue weighted by Crippen LogP contribution is 2.32. The lowest BCUT2D eigenvalue weighted by atomic mass is 9.89. The fourth-order valence-corrected chi connectivity index (χ4v) is 3.04. The van der Waals surface area contributed by atoms with Gasteiger partial charge in [0.2, 0.25) is 0 Å². The summed E-state index contributed by atoms with van der Waals surface area (Å²) < 4.78 is 0. The Morgan fingerprint density at radius 2 is 1.73 bits per heavy atom. The molecule has 2 heterocycles. The standard InChI is InChI=1S/C15H20N2O.2C2H6/c18-10-9-17-7-5-12(6-8-17)14-11-16-15-4-2-1-3-13(14)15;2*1-2/h1-4,11-12,16,18H,5-10H2;2*1-2H3. The highest BCUT2D eigenvalue weighted by molar-refractivity contribution is 5.83. The van der Waals surface area contributed by atoms with Gasteiger partial charge >= 0.3 is 0 Å². The van der Waals surface area contributed by atoms with E-state index in [-0.39, 0.29) is 6.61 Å². The maximum Gasteiger partial charge on any atom is 0.0558 e. The lowest BCUT2D eigenvalue weighted by molar-refractivity contribution is 0.164. The molecule has 3 rings (SSSR count). The summed E-state index contributed by atoms with van der Waals surface area (Å²) in [5.41, 5.74) is 2.71. The van der Waals surface area contributed by atoms with Crippen LogP contribution in [0.2, 0.25) is 0 Å². The van der Waals surface area contributed by atoms with Gasteiger partial charge in [-0.3, -0.25) is 0 Å². The van der Waals surface area contributed by atoms with Crippen molar-refractivity contribution in [3.8, 4) is 0 Å². The average molecular weight is 304 g/mol. The summed E-state index contributed by atoms with van der Waals surface area (Å²) in [7, 11) is 0. The van der Waals surface area contributed by atoms with Gasteiger partial charge in [-0.1, -0.05) is 45.9 Å². The Morgan fingerprint density at radius 3 is 2.36 bits per heavy atom. The predicted octanol–water partition coefficient (Wildman–Crippen LogP) is 4.39. The molecule has 2 N–H and O–H groups in total. The van der Waals surface area contributed by atoms with Crippen LogP contribution in [0.15, 0.2) is 30.5 Å². The monoisotopic (exact) mass is 304 g/mol. The number of piperidine rings is 1. The van der Waals surface area contributed by atoms with E-state index in [1.54, 1.807) is 0 Å². The zero-order valence-corrected chi connectivity index (χ0v) is 14.6. The van der Waals surface area contributed by atoms with Crippen LogP contribution in [0.25, 0.3) is 10.9 Å². The number of hydrogen-bond donors (Lipinski definition) is 2. The lowest BCUT2D eigenvalue weighted by Gasteiger charge is -2.31. The Bertz CT molecular complexity index is 513. The molecule has 0 radical (unpaired) electrons. The number of aliphatic hydroxyl groups is 1. The van der Waals surface area contributed by atoms with Crippen LogP contribution in [-0.4, -0.2) is 41.2 Å². The van der Waals surface area contributed by atoms with Crippen LogP contribution in [0.3, 0.4) is 0 Å². The first-order valence-electron chi connectivity index (χ1n) is 8.77. The van der Waals surface area contributed by atoms with E-state index < -0.39 is 0 Å². The van der Waals surface area contributed by atoms with Crippen molar-refractivity contribution in [3.05, 3.63) is 36.0 Å². The van der Waals surface area contributed by atoms with E-state index in [4.69, 9.17) is 5.11 Å². The fraction of sp³-hybridized carbons (Fsp3) is 0.579. The third kappa shape index (κ3) is 4.59. The van der Waals surface area contributed by atoms with Crippen molar-refractivity contribution in [2.75, 3.05) is 26.2 Å². The van der Waals surface area contributed by atoms with Crippen molar-refractivity contribution in [1.82, 2.24) is 9.88 Å². The molecule has 22 heavy (non-hydrogen) atoms. The predicted molar refractivity (Wildman–Crippen MR) is 96.5 cm³/mol. The second-order valence-corrected chi connectivity index (χ2v) is 5.13. The summed E-state index contributed by atoms with van der Waals surface area (Å²) in [6.45, 7) is 11.3. The number of para-hydroxylation sites is 1. The second kappa shape index (κ2) is 10.4. The number of H-pyrrole nitrogens is 1. The first-order valence-corrected chi connectivity index (χ1v) is 8.77. The Balaban J connectivity index is 0.000000561. The van der Waals surface area contributed by atoms with Crippen molar-refractivity contribution < 1.29 is 5.11 Å². The minimum absolute atomic E-state index is 0.276. The number of aliphatic hydroxyl groups excluding tert-OH is 1. The second-order valence-electron chi connectivity index (χ2n) is 5.13. The van der Waals surface area contributed by atoms with Crippen molar-refractivity contribution in [3.63, 3.8) is 0 Å². The Hall–Kier alpha value is -1.32. The van der Waals surface area contributed by atoms with Crippen LogP contribution < -0.4 is 0 Å². The number of hydrogen-bond acceptors (Lipinski definition) is 2.